The molecule has 5 heteroatoms. The summed E-state index contributed by atoms with van der Waals surface area (Å²) in [5.41, 5.74) is 3.99. The Kier molecular flexibility index (Phi) is 13.8. The number of unbranched alkanes of at least 4 members (excludes halogenated alkanes) is 4. The average molecular weight is 506 g/mol. The van der Waals surface area contributed by atoms with E-state index in [1.165, 1.54) is 24.8 Å². The molecule has 0 radical (unpaired) electrons. The minimum absolute atomic E-state index is 0.109. The van der Waals surface area contributed by atoms with E-state index in [2.05, 4.69) is 47.8 Å². The number of aliphatic hydroxyl groups excluding tert-OH is 1. The van der Waals surface area contributed by atoms with Gasteiger partial charge in [-0.3, -0.25) is 0 Å². The molecule has 5 nitrogen and oxygen atoms in total. The number of ether oxygens (including phenoxy) is 2. The van der Waals surface area contributed by atoms with Crippen LogP contribution >= 0.6 is 0 Å². The average Bonchev–Trinajstić information content (AvgIpc) is 2.94. The number of aryl methyl sites for hydroxylation is 1. The van der Waals surface area contributed by atoms with Crippen molar-refractivity contribution in [1.82, 2.24) is 5.32 Å². The van der Waals surface area contributed by atoms with Crippen molar-refractivity contribution in [2.75, 3.05) is 26.3 Å². The minimum Gasteiger partial charge on any atom is -0.508 e. The third kappa shape index (κ3) is 11.5. The van der Waals surface area contributed by atoms with Crippen LogP contribution < -0.4 is 5.32 Å². The summed E-state index contributed by atoms with van der Waals surface area (Å²) in [5, 5.41) is 23.0. The molecular formula is C32H43NO4. The molecule has 200 valence electrons. The molecule has 0 bridgehead atoms. The van der Waals surface area contributed by atoms with E-state index < -0.39 is 0 Å². The molecule has 37 heavy (non-hydrogen) atoms. The molecule has 0 fully saturated rings. The first-order valence-corrected chi connectivity index (χ1v) is 13.7. The highest BCUT2D eigenvalue weighted by Gasteiger charge is 2.14. The second kappa shape index (κ2) is 17.7. The van der Waals surface area contributed by atoms with Crippen molar-refractivity contribution in [3.8, 4) is 5.75 Å². The first kappa shape index (κ1) is 28.9. The fourth-order valence-corrected chi connectivity index (χ4v) is 4.30. The van der Waals surface area contributed by atoms with Crippen LogP contribution in [-0.2, 0) is 29.1 Å². The molecule has 0 aromatic heterocycles. The Morgan fingerprint density at radius 3 is 2.14 bits per heavy atom. The van der Waals surface area contributed by atoms with E-state index in [1.807, 2.05) is 30.3 Å². The molecule has 1 atom stereocenters. The lowest BCUT2D eigenvalue weighted by Crippen LogP contribution is -2.24. The van der Waals surface area contributed by atoms with E-state index >= 15 is 0 Å². The smallest absolute Gasteiger partial charge is 0.121 e. The number of hydrogen-bond acceptors (Lipinski definition) is 5. The van der Waals surface area contributed by atoms with Crippen molar-refractivity contribution in [2.24, 2.45) is 0 Å². The van der Waals surface area contributed by atoms with Crippen LogP contribution in [0.25, 0.3) is 0 Å². The monoisotopic (exact) mass is 505 g/mol. The van der Waals surface area contributed by atoms with Gasteiger partial charge >= 0.3 is 0 Å². The molecule has 0 saturated carbocycles. The van der Waals surface area contributed by atoms with Gasteiger partial charge in [0.15, 0.2) is 0 Å². The molecule has 0 aliphatic carbocycles. The van der Waals surface area contributed by atoms with Gasteiger partial charge in [0.2, 0.25) is 0 Å². The Balaban J connectivity index is 1.26. The first-order valence-electron chi connectivity index (χ1n) is 13.7. The highest BCUT2D eigenvalue weighted by Crippen LogP contribution is 2.25. The highest BCUT2D eigenvalue weighted by atomic mass is 16.5. The van der Waals surface area contributed by atoms with E-state index in [9.17, 15) is 10.2 Å². The summed E-state index contributed by atoms with van der Waals surface area (Å²) in [6.45, 7) is 3.62. The lowest BCUT2D eigenvalue weighted by molar-refractivity contribution is 0.0397. The molecule has 0 aliphatic heterocycles. The Morgan fingerprint density at radius 2 is 1.41 bits per heavy atom. The van der Waals surface area contributed by atoms with Crippen LogP contribution in [-0.4, -0.2) is 36.5 Å². The Morgan fingerprint density at radius 1 is 0.730 bits per heavy atom. The minimum atomic E-state index is -0.199. The Bertz CT molecular complexity index is 981. The predicted octanol–water partition coefficient (Wildman–Crippen LogP) is 6.33. The molecule has 1 unspecified atom stereocenters. The Hall–Kier alpha value is -2.70. The molecule has 3 aromatic carbocycles. The maximum absolute atomic E-state index is 9.93. The van der Waals surface area contributed by atoms with E-state index in [0.717, 1.165) is 56.6 Å². The second-order valence-electron chi connectivity index (χ2n) is 9.50. The number of aromatic hydroxyl groups is 1. The number of benzene rings is 3. The number of rotatable bonds is 19. The standard InChI is InChI=1S/C32H43NO4/c34-25-30-23-29(18-19-31(30)35)32(37-26-28-16-7-4-8-17-28)24-33-20-10-1-2-11-21-36-22-12-9-15-27-13-5-3-6-14-27/h3-8,13-14,16-19,23,32-35H,1-2,9-12,15,20-22,24-26H2. The van der Waals surface area contributed by atoms with E-state index in [0.29, 0.717) is 18.7 Å². The fraction of sp³-hybridized carbons (Fsp3) is 0.438. The van der Waals surface area contributed by atoms with Crippen LogP contribution in [0.5, 0.6) is 5.75 Å². The van der Waals surface area contributed by atoms with E-state index in [1.54, 1.807) is 6.07 Å². The molecular weight excluding hydrogens is 462 g/mol. The van der Waals surface area contributed by atoms with Crippen LogP contribution in [0.15, 0.2) is 78.9 Å². The van der Waals surface area contributed by atoms with Crippen molar-refractivity contribution in [3.05, 3.63) is 101 Å². The summed E-state index contributed by atoms with van der Waals surface area (Å²) in [6, 6.07) is 26.1. The number of hydrogen-bond donors (Lipinski definition) is 3. The van der Waals surface area contributed by atoms with Crippen LogP contribution in [0.4, 0.5) is 0 Å². The molecule has 0 saturated heterocycles. The Labute approximate surface area is 222 Å². The lowest BCUT2D eigenvalue weighted by atomic mass is 10.0. The van der Waals surface area contributed by atoms with Crippen molar-refractivity contribution in [3.63, 3.8) is 0 Å². The van der Waals surface area contributed by atoms with Crippen molar-refractivity contribution >= 4 is 0 Å². The lowest BCUT2D eigenvalue weighted by Gasteiger charge is -2.20. The van der Waals surface area contributed by atoms with Crippen LogP contribution in [0.1, 0.15) is 66.9 Å². The molecule has 3 N–H and O–H groups in total. The summed E-state index contributed by atoms with van der Waals surface area (Å²) < 4.78 is 12.0. The first-order chi connectivity index (χ1) is 18.3. The summed E-state index contributed by atoms with van der Waals surface area (Å²) >= 11 is 0. The van der Waals surface area contributed by atoms with Gasteiger partial charge < -0.3 is 25.0 Å². The van der Waals surface area contributed by atoms with Crippen LogP contribution in [0, 0.1) is 0 Å². The third-order valence-corrected chi connectivity index (χ3v) is 6.51. The van der Waals surface area contributed by atoms with Gasteiger partial charge in [-0.15, -0.1) is 0 Å². The maximum atomic E-state index is 9.93. The quantitative estimate of drug-likeness (QED) is 0.166. The maximum Gasteiger partial charge on any atom is 0.121 e. The van der Waals surface area contributed by atoms with Gasteiger partial charge in [-0.1, -0.05) is 79.6 Å². The van der Waals surface area contributed by atoms with Gasteiger partial charge in [-0.2, -0.15) is 0 Å². The SMILES string of the molecule is OCc1cc(C(CNCCCCCCOCCCCc2ccccc2)OCc2ccccc2)ccc1O. The van der Waals surface area contributed by atoms with Crippen LogP contribution in [0.3, 0.4) is 0 Å². The van der Waals surface area contributed by atoms with Gasteiger partial charge in [-0.25, -0.2) is 0 Å². The van der Waals surface area contributed by atoms with Gasteiger partial charge in [0, 0.05) is 25.3 Å². The second-order valence-corrected chi connectivity index (χ2v) is 9.50. The summed E-state index contributed by atoms with van der Waals surface area (Å²) in [5.74, 6) is 0.109. The zero-order valence-electron chi connectivity index (χ0n) is 22.0. The highest BCUT2D eigenvalue weighted by molar-refractivity contribution is 5.36. The number of phenols is 1. The van der Waals surface area contributed by atoms with Crippen molar-refractivity contribution in [1.29, 1.82) is 0 Å². The summed E-state index contributed by atoms with van der Waals surface area (Å²) in [6.07, 6.45) is 7.83. The normalized spacial score (nSPS) is 12.0. The largest absolute Gasteiger partial charge is 0.508 e. The zero-order chi connectivity index (χ0) is 26.0. The predicted molar refractivity (Wildman–Crippen MR) is 150 cm³/mol. The van der Waals surface area contributed by atoms with Crippen molar-refractivity contribution < 1.29 is 19.7 Å². The topological polar surface area (TPSA) is 71.0 Å². The summed E-state index contributed by atoms with van der Waals surface area (Å²) in [4.78, 5) is 0. The number of nitrogens with one attached hydrogen (secondary N) is 1. The molecule has 0 aliphatic rings. The van der Waals surface area contributed by atoms with E-state index in [4.69, 9.17) is 9.47 Å². The van der Waals surface area contributed by atoms with Gasteiger partial charge in [0.1, 0.15) is 5.75 Å². The molecule has 0 heterocycles. The van der Waals surface area contributed by atoms with E-state index in [-0.39, 0.29) is 18.5 Å². The van der Waals surface area contributed by atoms with Gasteiger partial charge in [0.25, 0.3) is 0 Å². The molecule has 0 spiro atoms. The molecule has 3 aromatic rings. The zero-order valence-corrected chi connectivity index (χ0v) is 22.0. The molecule has 0 amide bonds. The van der Waals surface area contributed by atoms with Gasteiger partial charge in [-0.05, 0) is 67.5 Å². The van der Waals surface area contributed by atoms with Crippen LogP contribution in [0.2, 0.25) is 0 Å². The number of aliphatic hydroxyl groups is 1. The fourth-order valence-electron chi connectivity index (χ4n) is 4.30. The van der Waals surface area contributed by atoms with Gasteiger partial charge in [0.05, 0.1) is 19.3 Å². The molecule has 3 rings (SSSR count). The summed E-state index contributed by atoms with van der Waals surface area (Å²) in [7, 11) is 0. The van der Waals surface area contributed by atoms with Crippen molar-refractivity contribution in [2.45, 2.75) is 64.3 Å². The third-order valence-electron chi connectivity index (χ3n) is 6.51.